The Bertz CT molecular complexity index is 1340. The summed E-state index contributed by atoms with van der Waals surface area (Å²) < 4.78 is 13.0. The predicted octanol–water partition coefficient (Wildman–Crippen LogP) is 3.78. The second kappa shape index (κ2) is 8.48. The van der Waals surface area contributed by atoms with Crippen LogP contribution in [-0.4, -0.2) is 35.2 Å². The number of amides is 1. The molecule has 4 aromatic rings. The average Bonchev–Trinajstić information content (AvgIpc) is 3.43. The fourth-order valence-corrected chi connectivity index (χ4v) is 3.97. The Morgan fingerprint density at radius 2 is 1.88 bits per heavy atom. The van der Waals surface area contributed by atoms with Gasteiger partial charge in [-0.15, -0.1) is 0 Å². The molecule has 1 aliphatic heterocycles. The summed E-state index contributed by atoms with van der Waals surface area (Å²) in [6, 6.07) is 15.5. The second-order valence-electron chi connectivity index (χ2n) is 7.96. The normalized spacial score (nSPS) is 12.2. The van der Waals surface area contributed by atoms with Crippen molar-refractivity contribution in [1.82, 2.24) is 14.7 Å². The van der Waals surface area contributed by atoms with Crippen LogP contribution in [0.15, 0.2) is 54.7 Å². The molecule has 3 heterocycles. The molecule has 1 amide bonds. The number of rotatable bonds is 6. The van der Waals surface area contributed by atoms with Crippen LogP contribution in [0.3, 0.4) is 0 Å². The Labute approximate surface area is 191 Å². The molecule has 4 N–H and O–H groups in total. The maximum Gasteiger partial charge on any atom is 0.251 e. The Balaban J connectivity index is 1.65. The first-order chi connectivity index (χ1) is 16.0. The molecule has 0 bridgehead atoms. The standard InChI is InChI=1S/C25H25N5O3/c1-15-4-3-5-16(2)22(15)29-24-23(17-6-7-19-20(12-17)33-14-32-19)28-21-13-18(8-11-30(21)24)25(31)27-10-9-26/h3-8,11-13,29H,9-10,14,26H2,1-2H3,(H,27,31). The van der Waals surface area contributed by atoms with E-state index in [1.165, 1.54) is 0 Å². The minimum absolute atomic E-state index is 0.181. The van der Waals surface area contributed by atoms with Gasteiger partial charge in [0, 0.05) is 36.1 Å². The number of nitrogens with one attached hydrogen (secondary N) is 2. The smallest absolute Gasteiger partial charge is 0.251 e. The molecule has 0 spiro atoms. The summed E-state index contributed by atoms with van der Waals surface area (Å²) in [6.07, 6.45) is 1.85. The van der Waals surface area contributed by atoms with Crippen molar-refractivity contribution in [3.05, 3.63) is 71.4 Å². The molecule has 1 aliphatic rings. The van der Waals surface area contributed by atoms with Gasteiger partial charge in [0.05, 0.1) is 0 Å². The van der Waals surface area contributed by atoms with Gasteiger partial charge in [0.2, 0.25) is 6.79 Å². The number of nitrogens with two attached hydrogens (primary N) is 1. The number of carbonyl (C=O) groups excluding carboxylic acids is 1. The molecule has 2 aromatic heterocycles. The first-order valence-corrected chi connectivity index (χ1v) is 10.8. The van der Waals surface area contributed by atoms with Crippen molar-refractivity contribution in [2.45, 2.75) is 13.8 Å². The van der Waals surface area contributed by atoms with Crippen molar-refractivity contribution in [2.75, 3.05) is 25.2 Å². The lowest BCUT2D eigenvalue weighted by atomic mass is 10.1. The van der Waals surface area contributed by atoms with E-state index in [1.807, 2.05) is 34.9 Å². The fourth-order valence-electron chi connectivity index (χ4n) is 3.97. The number of hydrogen-bond acceptors (Lipinski definition) is 6. The van der Waals surface area contributed by atoms with Crippen molar-refractivity contribution >= 4 is 23.1 Å². The number of hydrogen-bond donors (Lipinski definition) is 3. The highest BCUT2D eigenvalue weighted by molar-refractivity contribution is 5.95. The summed E-state index contributed by atoms with van der Waals surface area (Å²) in [5, 5.41) is 6.40. The quantitative estimate of drug-likeness (QED) is 0.419. The summed E-state index contributed by atoms with van der Waals surface area (Å²) >= 11 is 0. The monoisotopic (exact) mass is 443 g/mol. The van der Waals surface area contributed by atoms with Crippen LogP contribution in [0.2, 0.25) is 0 Å². The van der Waals surface area contributed by atoms with Gasteiger partial charge in [0.25, 0.3) is 5.91 Å². The van der Waals surface area contributed by atoms with Gasteiger partial charge in [0.15, 0.2) is 11.5 Å². The SMILES string of the molecule is Cc1cccc(C)c1Nc1c(-c2ccc3c(c2)OCO3)nc2cc(C(=O)NCCN)ccn12. The predicted molar refractivity (Wildman–Crippen MR) is 127 cm³/mol. The van der Waals surface area contributed by atoms with E-state index in [0.717, 1.165) is 33.9 Å². The van der Waals surface area contributed by atoms with Crippen LogP contribution in [0.1, 0.15) is 21.5 Å². The number of benzene rings is 2. The van der Waals surface area contributed by atoms with Crippen molar-refractivity contribution in [3.8, 4) is 22.8 Å². The van der Waals surface area contributed by atoms with Gasteiger partial charge in [-0.25, -0.2) is 4.98 Å². The van der Waals surface area contributed by atoms with E-state index in [2.05, 4.69) is 36.6 Å². The zero-order valence-electron chi connectivity index (χ0n) is 18.5. The Kier molecular flexibility index (Phi) is 5.35. The van der Waals surface area contributed by atoms with Crippen molar-refractivity contribution in [2.24, 2.45) is 5.73 Å². The molecular formula is C25H25N5O3. The van der Waals surface area contributed by atoms with Crippen molar-refractivity contribution in [1.29, 1.82) is 0 Å². The Morgan fingerprint density at radius 1 is 1.09 bits per heavy atom. The second-order valence-corrected chi connectivity index (χ2v) is 7.96. The van der Waals surface area contributed by atoms with Crippen LogP contribution in [0, 0.1) is 13.8 Å². The Hall–Kier alpha value is -4.04. The summed E-state index contributed by atoms with van der Waals surface area (Å²) in [5.74, 6) is 2.02. The van der Waals surface area contributed by atoms with E-state index in [4.69, 9.17) is 20.2 Å². The number of carbonyl (C=O) groups is 1. The molecule has 0 saturated carbocycles. The fraction of sp³-hybridized carbons (Fsp3) is 0.200. The average molecular weight is 444 g/mol. The molecule has 2 aromatic carbocycles. The number of fused-ring (bicyclic) bond motifs is 2. The van der Waals surface area contributed by atoms with Gasteiger partial charge < -0.3 is 25.8 Å². The first kappa shape index (κ1) is 20.8. The van der Waals surface area contributed by atoms with E-state index >= 15 is 0 Å². The van der Waals surface area contributed by atoms with Gasteiger partial charge in [-0.1, -0.05) is 18.2 Å². The van der Waals surface area contributed by atoms with Crippen LogP contribution in [-0.2, 0) is 0 Å². The van der Waals surface area contributed by atoms with E-state index < -0.39 is 0 Å². The summed E-state index contributed by atoms with van der Waals surface area (Å²) in [5.41, 5.74) is 11.6. The van der Waals surface area contributed by atoms with Crippen LogP contribution >= 0.6 is 0 Å². The third-order valence-corrected chi connectivity index (χ3v) is 5.69. The molecule has 0 radical (unpaired) electrons. The number of aryl methyl sites for hydroxylation is 2. The van der Waals surface area contributed by atoms with Crippen LogP contribution in [0.4, 0.5) is 11.5 Å². The maximum atomic E-state index is 12.5. The van der Waals surface area contributed by atoms with Gasteiger partial charge >= 0.3 is 0 Å². The summed E-state index contributed by atoms with van der Waals surface area (Å²) in [6.45, 7) is 5.14. The number of ether oxygens (including phenoxy) is 2. The molecule has 33 heavy (non-hydrogen) atoms. The summed E-state index contributed by atoms with van der Waals surface area (Å²) in [4.78, 5) is 17.4. The van der Waals surface area contributed by atoms with Gasteiger partial charge in [0.1, 0.15) is 17.2 Å². The summed E-state index contributed by atoms with van der Waals surface area (Å²) in [7, 11) is 0. The molecule has 168 valence electrons. The number of aromatic nitrogens is 2. The lowest BCUT2D eigenvalue weighted by molar-refractivity contribution is 0.0954. The third-order valence-electron chi connectivity index (χ3n) is 5.69. The molecule has 0 aliphatic carbocycles. The molecule has 0 atom stereocenters. The topological polar surface area (TPSA) is 103 Å². The zero-order valence-corrected chi connectivity index (χ0v) is 18.5. The largest absolute Gasteiger partial charge is 0.454 e. The van der Waals surface area contributed by atoms with Crippen molar-refractivity contribution < 1.29 is 14.3 Å². The molecule has 8 nitrogen and oxygen atoms in total. The number of imidazole rings is 1. The van der Waals surface area contributed by atoms with E-state index in [1.54, 1.807) is 12.1 Å². The van der Waals surface area contributed by atoms with Crippen molar-refractivity contribution in [3.63, 3.8) is 0 Å². The van der Waals surface area contributed by atoms with E-state index in [0.29, 0.717) is 35.8 Å². The minimum atomic E-state index is -0.181. The van der Waals surface area contributed by atoms with Gasteiger partial charge in [-0.3, -0.25) is 9.20 Å². The van der Waals surface area contributed by atoms with E-state index in [9.17, 15) is 4.79 Å². The molecule has 0 saturated heterocycles. The maximum absolute atomic E-state index is 12.5. The Morgan fingerprint density at radius 3 is 2.67 bits per heavy atom. The third kappa shape index (κ3) is 3.85. The highest BCUT2D eigenvalue weighted by Crippen LogP contribution is 2.39. The first-order valence-electron chi connectivity index (χ1n) is 10.8. The lowest BCUT2D eigenvalue weighted by Gasteiger charge is -2.14. The highest BCUT2D eigenvalue weighted by Gasteiger charge is 2.20. The number of pyridine rings is 1. The van der Waals surface area contributed by atoms with Crippen LogP contribution in [0.5, 0.6) is 11.5 Å². The molecule has 0 unspecified atom stereocenters. The van der Waals surface area contributed by atoms with Crippen LogP contribution in [0.25, 0.3) is 16.9 Å². The number of anilines is 2. The minimum Gasteiger partial charge on any atom is -0.454 e. The van der Waals surface area contributed by atoms with Gasteiger partial charge in [-0.05, 0) is 55.3 Å². The zero-order chi connectivity index (χ0) is 22.9. The molecule has 5 rings (SSSR count). The van der Waals surface area contributed by atoms with E-state index in [-0.39, 0.29) is 12.7 Å². The van der Waals surface area contributed by atoms with Crippen LogP contribution < -0.4 is 25.8 Å². The molecule has 0 fully saturated rings. The highest BCUT2D eigenvalue weighted by atomic mass is 16.7. The number of nitrogens with zero attached hydrogens (tertiary/aromatic N) is 2. The molecular weight excluding hydrogens is 418 g/mol. The van der Waals surface area contributed by atoms with Gasteiger partial charge in [-0.2, -0.15) is 0 Å². The lowest BCUT2D eigenvalue weighted by Crippen LogP contribution is -2.29. The number of para-hydroxylation sites is 1. The molecule has 8 heteroatoms.